The van der Waals surface area contributed by atoms with Gasteiger partial charge in [0, 0.05) is 10.7 Å². The van der Waals surface area contributed by atoms with E-state index in [-0.39, 0.29) is 12.4 Å². The second-order valence-corrected chi connectivity index (χ2v) is 5.63. The molecule has 0 spiro atoms. The molecule has 2 aromatic rings. The molecule has 128 valence electrons. The van der Waals surface area contributed by atoms with Crippen molar-refractivity contribution >= 4 is 33.3 Å². The lowest BCUT2D eigenvalue weighted by Crippen LogP contribution is -2.25. The zero-order chi connectivity index (χ0) is 17.9. The molecule has 0 fully saturated rings. The number of pyridine rings is 1. The topological polar surface area (TPSA) is 63.2 Å². The number of nitrogens with one attached hydrogen (secondary N) is 2. The van der Waals surface area contributed by atoms with Crippen LogP contribution in [-0.2, 0) is 4.84 Å². The number of rotatable bonds is 5. The second-order valence-electron chi connectivity index (χ2n) is 4.72. The third-order valence-corrected chi connectivity index (χ3v) is 3.44. The molecule has 1 aromatic carbocycles. The van der Waals surface area contributed by atoms with Crippen LogP contribution in [0.5, 0.6) is 0 Å². The fourth-order valence-electron chi connectivity index (χ4n) is 1.88. The van der Waals surface area contributed by atoms with Crippen LogP contribution >= 0.6 is 15.9 Å². The number of carbonyl (C=O) groups excluding carboxylic acids is 1. The van der Waals surface area contributed by atoms with Gasteiger partial charge in [-0.15, -0.1) is 0 Å². The quantitative estimate of drug-likeness (QED) is 0.585. The predicted octanol–water partition coefficient (Wildman–Crippen LogP) is 3.99. The highest BCUT2D eigenvalue weighted by Gasteiger charge is 2.24. The summed E-state index contributed by atoms with van der Waals surface area (Å²) in [5.41, 5.74) is 1.62. The molecule has 1 amide bonds. The molecular weight excluding hydrogens is 391 g/mol. The Balaban J connectivity index is 2.50. The van der Waals surface area contributed by atoms with Crippen molar-refractivity contribution in [3.05, 3.63) is 51.4 Å². The first-order valence-corrected chi connectivity index (χ1v) is 7.63. The van der Waals surface area contributed by atoms with Crippen LogP contribution in [0.2, 0.25) is 0 Å². The number of benzene rings is 1. The monoisotopic (exact) mass is 403 g/mol. The summed E-state index contributed by atoms with van der Waals surface area (Å²) in [5, 5.41) is 2.53. The van der Waals surface area contributed by atoms with E-state index in [9.17, 15) is 18.0 Å². The fourth-order valence-corrected chi connectivity index (χ4v) is 2.32. The maximum absolute atomic E-state index is 14.2. The Kier molecular flexibility index (Phi) is 5.79. The molecule has 24 heavy (non-hydrogen) atoms. The minimum atomic E-state index is -1.69. The minimum absolute atomic E-state index is 0.147. The van der Waals surface area contributed by atoms with Gasteiger partial charge in [-0.2, -0.15) is 0 Å². The molecule has 1 aromatic heterocycles. The first-order chi connectivity index (χ1) is 11.3. The maximum Gasteiger partial charge on any atom is 0.277 e. The summed E-state index contributed by atoms with van der Waals surface area (Å²) >= 11 is 3.23. The van der Waals surface area contributed by atoms with E-state index < -0.39 is 34.6 Å². The molecule has 2 rings (SSSR count). The maximum atomic E-state index is 14.2. The number of carbonyl (C=O) groups is 1. The molecule has 0 saturated carbocycles. The highest BCUT2D eigenvalue weighted by atomic mass is 79.9. The van der Waals surface area contributed by atoms with E-state index in [0.29, 0.717) is 16.1 Å². The molecular formula is C15H13BrF3N3O2. The Labute approximate surface area is 144 Å². The number of hydrogen-bond donors (Lipinski definition) is 2. The Morgan fingerprint density at radius 3 is 2.62 bits per heavy atom. The average molecular weight is 404 g/mol. The van der Waals surface area contributed by atoms with Gasteiger partial charge in [0.25, 0.3) is 5.91 Å². The predicted molar refractivity (Wildman–Crippen MR) is 85.4 cm³/mol. The van der Waals surface area contributed by atoms with Crippen LogP contribution in [0, 0.1) is 24.4 Å². The van der Waals surface area contributed by atoms with Gasteiger partial charge in [0.05, 0.1) is 17.9 Å². The molecule has 1 heterocycles. The van der Waals surface area contributed by atoms with Crippen molar-refractivity contribution in [2.45, 2.75) is 13.8 Å². The molecule has 0 aliphatic heterocycles. The van der Waals surface area contributed by atoms with Crippen molar-refractivity contribution < 1.29 is 22.8 Å². The molecule has 0 atom stereocenters. The lowest BCUT2D eigenvalue weighted by atomic mass is 10.1. The summed E-state index contributed by atoms with van der Waals surface area (Å²) in [6.07, 6.45) is 1.44. The van der Waals surface area contributed by atoms with Gasteiger partial charge < -0.3 is 5.32 Å². The van der Waals surface area contributed by atoms with Crippen molar-refractivity contribution in [3.8, 4) is 0 Å². The largest absolute Gasteiger partial charge is 0.337 e. The third kappa shape index (κ3) is 3.85. The number of halogens is 4. The molecule has 2 N–H and O–H groups in total. The molecule has 0 radical (unpaired) electrons. The van der Waals surface area contributed by atoms with E-state index in [1.54, 1.807) is 19.9 Å². The van der Waals surface area contributed by atoms with Crippen molar-refractivity contribution in [2.24, 2.45) is 0 Å². The van der Waals surface area contributed by atoms with Crippen LogP contribution in [0.3, 0.4) is 0 Å². The number of amides is 1. The first kappa shape index (κ1) is 18.2. The molecule has 0 aliphatic carbocycles. The van der Waals surface area contributed by atoms with Gasteiger partial charge in [-0.1, -0.05) is 0 Å². The second kappa shape index (κ2) is 7.63. The van der Waals surface area contributed by atoms with Crippen LogP contribution in [0.15, 0.2) is 22.8 Å². The number of hydrogen-bond acceptors (Lipinski definition) is 4. The van der Waals surface area contributed by atoms with E-state index in [1.807, 2.05) is 5.48 Å². The van der Waals surface area contributed by atoms with E-state index >= 15 is 0 Å². The number of hydroxylamine groups is 1. The Hall–Kier alpha value is -2.13. The van der Waals surface area contributed by atoms with E-state index in [0.717, 1.165) is 0 Å². The van der Waals surface area contributed by atoms with Crippen LogP contribution in [-0.4, -0.2) is 17.5 Å². The van der Waals surface area contributed by atoms with Crippen LogP contribution in [0.25, 0.3) is 0 Å². The van der Waals surface area contributed by atoms with Gasteiger partial charge in [0.2, 0.25) is 0 Å². The highest BCUT2D eigenvalue weighted by molar-refractivity contribution is 9.10. The number of aryl methyl sites for hydroxylation is 1. The normalized spacial score (nSPS) is 10.6. The van der Waals surface area contributed by atoms with Crippen molar-refractivity contribution in [1.82, 2.24) is 10.5 Å². The lowest BCUT2D eigenvalue weighted by Gasteiger charge is -2.15. The Morgan fingerprint density at radius 1 is 1.29 bits per heavy atom. The molecule has 5 nitrogen and oxygen atoms in total. The zero-order valence-corrected chi connectivity index (χ0v) is 14.3. The van der Waals surface area contributed by atoms with Crippen molar-refractivity contribution in [1.29, 1.82) is 0 Å². The summed E-state index contributed by atoms with van der Waals surface area (Å²) in [4.78, 5) is 20.8. The van der Waals surface area contributed by atoms with Gasteiger partial charge >= 0.3 is 0 Å². The highest BCUT2D eigenvalue weighted by Crippen LogP contribution is 2.29. The summed E-state index contributed by atoms with van der Waals surface area (Å²) in [7, 11) is 0. The summed E-state index contributed by atoms with van der Waals surface area (Å²) < 4.78 is 41.9. The molecule has 0 bridgehead atoms. The van der Waals surface area contributed by atoms with Gasteiger partial charge in [-0.25, -0.2) is 23.6 Å². The van der Waals surface area contributed by atoms with Gasteiger partial charge in [-0.05, 0) is 47.5 Å². The minimum Gasteiger partial charge on any atom is -0.337 e. The van der Waals surface area contributed by atoms with Crippen molar-refractivity contribution in [2.75, 3.05) is 11.9 Å². The SMILES string of the molecule is CCONC(=O)c1cc(F)c(F)c(F)c1Nc1ncc(Br)cc1C. The van der Waals surface area contributed by atoms with E-state index in [1.165, 1.54) is 6.20 Å². The Morgan fingerprint density at radius 2 is 2.00 bits per heavy atom. The van der Waals surface area contributed by atoms with Crippen LogP contribution in [0.4, 0.5) is 24.7 Å². The summed E-state index contributed by atoms with van der Waals surface area (Å²) in [6, 6.07) is 2.27. The first-order valence-electron chi connectivity index (χ1n) is 6.84. The molecule has 0 unspecified atom stereocenters. The molecule has 9 heteroatoms. The van der Waals surface area contributed by atoms with Gasteiger partial charge in [0.1, 0.15) is 5.82 Å². The van der Waals surface area contributed by atoms with Gasteiger partial charge in [-0.3, -0.25) is 9.63 Å². The Bertz CT molecular complexity index is 787. The van der Waals surface area contributed by atoms with Gasteiger partial charge in [0.15, 0.2) is 17.5 Å². The summed E-state index contributed by atoms with van der Waals surface area (Å²) in [5.74, 6) is -5.44. The van der Waals surface area contributed by atoms with E-state index in [2.05, 4.69) is 26.2 Å². The average Bonchev–Trinajstić information content (AvgIpc) is 2.54. The van der Waals surface area contributed by atoms with Crippen LogP contribution in [0.1, 0.15) is 22.8 Å². The number of nitrogens with zero attached hydrogens (tertiary/aromatic N) is 1. The molecule has 0 aliphatic rings. The molecule has 0 saturated heterocycles. The lowest BCUT2D eigenvalue weighted by molar-refractivity contribution is 0.0364. The zero-order valence-electron chi connectivity index (χ0n) is 12.7. The number of aromatic nitrogens is 1. The third-order valence-electron chi connectivity index (χ3n) is 3.00. The smallest absolute Gasteiger partial charge is 0.277 e. The number of anilines is 2. The van der Waals surface area contributed by atoms with E-state index in [4.69, 9.17) is 4.84 Å². The standard InChI is InChI=1S/C15H13BrF3N3O2/c1-3-24-22-15(23)9-5-10(17)11(18)12(19)13(9)21-14-7(2)4-8(16)6-20-14/h4-6H,3H2,1-2H3,(H,20,21)(H,22,23). The fraction of sp³-hybridized carbons (Fsp3) is 0.200. The van der Waals surface area contributed by atoms with Crippen LogP contribution < -0.4 is 10.8 Å². The van der Waals surface area contributed by atoms with Crippen molar-refractivity contribution in [3.63, 3.8) is 0 Å². The summed E-state index contributed by atoms with van der Waals surface area (Å²) in [6.45, 7) is 3.44.